The molecule has 0 aliphatic carbocycles. The van der Waals surface area contributed by atoms with E-state index in [-0.39, 0.29) is 0 Å². The van der Waals surface area contributed by atoms with Gasteiger partial charge >= 0.3 is 0 Å². The maximum Gasteiger partial charge on any atom is 0.118 e. The maximum absolute atomic E-state index is 9.70. The Morgan fingerprint density at radius 2 is 1.35 bits per heavy atom. The SMILES string of the molecule is COc1ccc(/C=C(/C#N)c2c(C)c(C)c(C)c(C)c2C)cc1. The lowest BCUT2D eigenvalue weighted by Crippen LogP contribution is -2.02. The zero-order valence-electron chi connectivity index (χ0n) is 14.7. The van der Waals surface area contributed by atoms with Crippen LogP contribution in [0.1, 0.15) is 38.9 Å². The molecule has 118 valence electrons. The molecule has 0 unspecified atom stereocenters. The summed E-state index contributed by atoms with van der Waals surface area (Å²) in [5, 5.41) is 9.70. The Morgan fingerprint density at radius 3 is 1.78 bits per heavy atom. The molecular weight excluding hydrogens is 282 g/mol. The number of hydrogen-bond donors (Lipinski definition) is 0. The number of rotatable bonds is 3. The van der Waals surface area contributed by atoms with Gasteiger partial charge in [0.05, 0.1) is 18.8 Å². The second-order valence-corrected chi connectivity index (χ2v) is 5.94. The molecule has 0 aromatic heterocycles. The molecule has 0 amide bonds. The molecule has 0 N–H and O–H groups in total. The molecule has 0 aliphatic heterocycles. The molecule has 0 bridgehead atoms. The highest BCUT2D eigenvalue weighted by Gasteiger charge is 2.15. The quantitative estimate of drug-likeness (QED) is 0.569. The van der Waals surface area contributed by atoms with Gasteiger partial charge in [-0.05, 0) is 91.8 Å². The summed E-state index contributed by atoms with van der Waals surface area (Å²) in [5.74, 6) is 0.815. The van der Waals surface area contributed by atoms with Gasteiger partial charge in [0.25, 0.3) is 0 Å². The Kier molecular flexibility index (Phi) is 4.91. The second-order valence-electron chi connectivity index (χ2n) is 5.94. The first kappa shape index (κ1) is 16.8. The first-order valence-electron chi connectivity index (χ1n) is 7.73. The van der Waals surface area contributed by atoms with Gasteiger partial charge in [-0.2, -0.15) is 5.26 Å². The Balaban J connectivity index is 2.62. The molecular formula is C21H23NO. The summed E-state index contributed by atoms with van der Waals surface area (Å²) < 4.78 is 5.18. The third-order valence-electron chi connectivity index (χ3n) is 4.82. The third kappa shape index (κ3) is 3.14. The van der Waals surface area contributed by atoms with Crippen molar-refractivity contribution in [3.05, 3.63) is 63.2 Å². The highest BCUT2D eigenvalue weighted by Crippen LogP contribution is 2.32. The minimum absolute atomic E-state index is 0.705. The van der Waals surface area contributed by atoms with E-state index in [1.807, 2.05) is 30.3 Å². The lowest BCUT2D eigenvalue weighted by atomic mass is 9.86. The van der Waals surface area contributed by atoms with Crippen molar-refractivity contribution in [3.63, 3.8) is 0 Å². The summed E-state index contributed by atoms with van der Waals surface area (Å²) in [6, 6.07) is 10.1. The van der Waals surface area contributed by atoms with Crippen LogP contribution < -0.4 is 4.74 Å². The average molecular weight is 305 g/mol. The van der Waals surface area contributed by atoms with Crippen molar-refractivity contribution < 1.29 is 4.74 Å². The van der Waals surface area contributed by atoms with Crippen LogP contribution in [0.15, 0.2) is 24.3 Å². The number of ether oxygens (including phenoxy) is 1. The Bertz CT molecular complexity index is 776. The van der Waals surface area contributed by atoms with Crippen LogP contribution in [0.4, 0.5) is 0 Å². The number of allylic oxidation sites excluding steroid dienone is 1. The first-order chi connectivity index (χ1) is 10.9. The highest BCUT2D eigenvalue weighted by atomic mass is 16.5. The summed E-state index contributed by atoms with van der Waals surface area (Å²) in [6.45, 7) is 10.6. The molecule has 2 nitrogen and oxygen atoms in total. The number of benzene rings is 2. The van der Waals surface area contributed by atoms with E-state index >= 15 is 0 Å². The number of methoxy groups -OCH3 is 1. The Labute approximate surface area is 139 Å². The molecule has 0 atom stereocenters. The molecule has 23 heavy (non-hydrogen) atoms. The summed E-state index contributed by atoms with van der Waals surface area (Å²) >= 11 is 0. The fraction of sp³-hybridized carbons (Fsp3) is 0.286. The summed E-state index contributed by atoms with van der Waals surface area (Å²) in [4.78, 5) is 0. The van der Waals surface area contributed by atoms with Crippen LogP contribution in [0.2, 0.25) is 0 Å². The van der Waals surface area contributed by atoms with Crippen molar-refractivity contribution in [3.8, 4) is 11.8 Å². The van der Waals surface area contributed by atoms with E-state index in [0.717, 1.165) is 16.9 Å². The summed E-state index contributed by atoms with van der Waals surface area (Å²) in [6.07, 6.45) is 1.95. The van der Waals surface area contributed by atoms with Gasteiger partial charge in [0, 0.05) is 0 Å². The van der Waals surface area contributed by atoms with E-state index < -0.39 is 0 Å². The van der Waals surface area contributed by atoms with Gasteiger partial charge in [-0.3, -0.25) is 0 Å². The smallest absolute Gasteiger partial charge is 0.118 e. The zero-order chi connectivity index (χ0) is 17.1. The van der Waals surface area contributed by atoms with E-state index in [9.17, 15) is 5.26 Å². The monoisotopic (exact) mass is 305 g/mol. The van der Waals surface area contributed by atoms with E-state index in [1.54, 1.807) is 7.11 Å². The van der Waals surface area contributed by atoms with Crippen LogP contribution in [0.5, 0.6) is 5.75 Å². The fourth-order valence-electron chi connectivity index (χ4n) is 2.93. The number of hydrogen-bond acceptors (Lipinski definition) is 2. The molecule has 0 spiro atoms. The van der Waals surface area contributed by atoms with Crippen LogP contribution >= 0.6 is 0 Å². The van der Waals surface area contributed by atoms with Gasteiger partial charge in [0.2, 0.25) is 0 Å². The normalized spacial score (nSPS) is 11.3. The van der Waals surface area contributed by atoms with Crippen LogP contribution in [0.3, 0.4) is 0 Å². The fourth-order valence-corrected chi connectivity index (χ4v) is 2.93. The van der Waals surface area contributed by atoms with Crippen molar-refractivity contribution in [2.75, 3.05) is 7.11 Å². The summed E-state index contributed by atoms with van der Waals surface area (Å²) in [7, 11) is 1.65. The van der Waals surface area contributed by atoms with Gasteiger partial charge < -0.3 is 4.74 Å². The molecule has 0 saturated heterocycles. The number of nitriles is 1. The minimum Gasteiger partial charge on any atom is -0.497 e. The van der Waals surface area contributed by atoms with E-state index in [4.69, 9.17) is 4.74 Å². The van der Waals surface area contributed by atoms with Crippen LogP contribution in [-0.2, 0) is 0 Å². The largest absolute Gasteiger partial charge is 0.497 e. The lowest BCUT2D eigenvalue weighted by molar-refractivity contribution is 0.415. The van der Waals surface area contributed by atoms with Crippen molar-refractivity contribution in [1.82, 2.24) is 0 Å². The zero-order valence-corrected chi connectivity index (χ0v) is 14.7. The second kappa shape index (κ2) is 6.71. The Hall–Kier alpha value is -2.53. The lowest BCUT2D eigenvalue weighted by Gasteiger charge is -2.18. The van der Waals surface area contributed by atoms with Gasteiger partial charge in [-0.1, -0.05) is 12.1 Å². The van der Waals surface area contributed by atoms with E-state index in [2.05, 4.69) is 40.7 Å². The predicted octanol–water partition coefficient (Wildman–Crippen LogP) is 5.30. The molecule has 0 fully saturated rings. The predicted molar refractivity (Wildman–Crippen MR) is 96.6 cm³/mol. The first-order valence-corrected chi connectivity index (χ1v) is 7.73. The number of nitrogens with zero attached hydrogens (tertiary/aromatic N) is 1. The average Bonchev–Trinajstić information content (AvgIpc) is 2.58. The van der Waals surface area contributed by atoms with Gasteiger partial charge in [-0.25, -0.2) is 0 Å². The van der Waals surface area contributed by atoms with Crippen LogP contribution in [0.25, 0.3) is 11.6 Å². The Morgan fingerprint density at radius 1 is 0.870 bits per heavy atom. The molecule has 2 aromatic carbocycles. The molecule has 0 aliphatic rings. The maximum atomic E-state index is 9.70. The van der Waals surface area contributed by atoms with Gasteiger partial charge in [-0.15, -0.1) is 0 Å². The van der Waals surface area contributed by atoms with E-state index in [1.165, 1.54) is 27.8 Å². The standard InChI is InChI=1S/C21H23NO/c1-13-14(2)16(4)21(17(5)15(13)3)19(12-22)11-18-7-9-20(23-6)10-8-18/h7-11H,1-6H3/b19-11-. The van der Waals surface area contributed by atoms with Gasteiger partial charge in [0.15, 0.2) is 0 Å². The molecule has 0 radical (unpaired) electrons. The van der Waals surface area contributed by atoms with Crippen molar-refractivity contribution >= 4 is 11.6 Å². The van der Waals surface area contributed by atoms with E-state index in [0.29, 0.717) is 5.57 Å². The highest BCUT2D eigenvalue weighted by molar-refractivity contribution is 5.92. The minimum atomic E-state index is 0.705. The molecule has 2 rings (SSSR count). The van der Waals surface area contributed by atoms with Crippen LogP contribution in [0, 0.1) is 45.9 Å². The van der Waals surface area contributed by atoms with Gasteiger partial charge in [0.1, 0.15) is 5.75 Å². The molecule has 2 heteroatoms. The van der Waals surface area contributed by atoms with Crippen molar-refractivity contribution in [2.24, 2.45) is 0 Å². The third-order valence-corrected chi connectivity index (χ3v) is 4.82. The molecule has 0 heterocycles. The summed E-state index contributed by atoms with van der Waals surface area (Å²) in [5.41, 5.74) is 8.97. The molecule has 2 aromatic rings. The topological polar surface area (TPSA) is 33.0 Å². The van der Waals surface area contributed by atoms with Crippen molar-refractivity contribution in [1.29, 1.82) is 5.26 Å². The molecule has 0 saturated carbocycles. The van der Waals surface area contributed by atoms with Crippen LogP contribution in [-0.4, -0.2) is 7.11 Å². The van der Waals surface area contributed by atoms with Crippen molar-refractivity contribution in [2.45, 2.75) is 34.6 Å².